The highest BCUT2D eigenvalue weighted by atomic mass is 16.2. The first kappa shape index (κ1) is 22.8. The van der Waals surface area contributed by atoms with Gasteiger partial charge in [-0.1, -0.05) is 29.8 Å². The van der Waals surface area contributed by atoms with Crippen LogP contribution in [0.1, 0.15) is 28.7 Å². The van der Waals surface area contributed by atoms with Gasteiger partial charge in [0.25, 0.3) is 0 Å². The highest BCUT2D eigenvalue weighted by Gasteiger charge is 2.16. The van der Waals surface area contributed by atoms with E-state index >= 15 is 0 Å². The lowest BCUT2D eigenvalue weighted by atomic mass is 10.1. The second-order valence-corrected chi connectivity index (χ2v) is 8.54. The maximum absolute atomic E-state index is 12.2. The molecule has 1 fully saturated rings. The second kappa shape index (κ2) is 10.4. The van der Waals surface area contributed by atoms with Crippen molar-refractivity contribution < 1.29 is 9.59 Å². The number of benzene rings is 2. The van der Waals surface area contributed by atoms with Gasteiger partial charge >= 0.3 is 11.8 Å². The van der Waals surface area contributed by atoms with Crippen LogP contribution in [-0.2, 0) is 16.0 Å². The molecular formula is C25H34N4O2. The minimum Gasteiger partial charge on any atom is -0.369 e. The minimum atomic E-state index is -0.619. The SMILES string of the molecule is Cc1cc(C)c(NC(=O)C(=O)NCCCc2ccc(N3CCN(C)CC3)cc2)c(C)c1. The number of likely N-dealkylation sites (N-methyl/N-ethyl adjacent to an activating group) is 1. The number of carbonyl (C=O) groups is 2. The molecule has 1 saturated heterocycles. The Bertz CT molecular complexity index is 893. The molecule has 31 heavy (non-hydrogen) atoms. The first-order valence-corrected chi connectivity index (χ1v) is 11.0. The van der Waals surface area contributed by atoms with Crippen molar-refractivity contribution in [1.82, 2.24) is 10.2 Å². The van der Waals surface area contributed by atoms with E-state index in [2.05, 4.69) is 51.7 Å². The number of anilines is 2. The summed E-state index contributed by atoms with van der Waals surface area (Å²) in [7, 11) is 2.16. The molecule has 3 rings (SSSR count). The number of nitrogens with zero attached hydrogens (tertiary/aromatic N) is 2. The molecular weight excluding hydrogens is 388 g/mol. The summed E-state index contributed by atoms with van der Waals surface area (Å²) in [5.74, 6) is -1.21. The van der Waals surface area contributed by atoms with Crippen molar-refractivity contribution in [1.29, 1.82) is 0 Å². The van der Waals surface area contributed by atoms with Crippen molar-refractivity contribution in [2.75, 3.05) is 50.0 Å². The van der Waals surface area contributed by atoms with E-state index in [1.54, 1.807) is 0 Å². The van der Waals surface area contributed by atoms with Gasteiger partial charge in [-0.3, -0.25) is 9.59 Å². The maximum Gasteiger partial charge on any atom is 0.313 e. The normalized spacial score (nSPS) is 14.4. The van der Waals surface area contributed by atoms with Crippen molar-refractivity contribution in [3.63, 3.8) is 0 Å². The molecule has 1 heterocycles. The zero-order chi connectivity index (χ0) is 22.4. The van der Waals surface area contributed by atoms with E-state index in [0.29, 0.717) is 12.2 Å². The van der Waals surface area contributed by atoms with Crippen molar-refractivity contribution in [2.24, 2.45) is 0 Å². The Morgan fingerprint density at radius 2 is 1.52 bits per heavy atom. The van der Waals surface area contributed by atoms with Crippen LogP contribution in [0.5, 0.6) is 0 Å². The van der Waals surface area contributed by atoms with E-state index in [-0.39, 0.29) is 0 Å². The third kappa shape index (κ3) is 6.31. The first-order valence-electron chi connectivity index (χ1n) is 11.0. The summed E-state index contributed by atoms with van der Waals surface area (Å²) in [5.41, 5.74) is 6.27. The highest BCUT2D eigenvalue weighted by Crippen LogP contribution is 2.22. The lowest BCUT2D eigenvalue weighted by molar-refractivity contribution is -0.136. The molecule has 2 amide bonds. The van der Waals surface area contributed by atoms with Crippen LogP contribution in [0.3, 0.4) is 0 Å². The molecule has 0 unspecified atom stereocenters. The third-order valence-electron chi connectivity index (χ3n) is 5.85. The largest absolute Gasteiger partial charge is 0.369 e. The average Bonchev–Trinajstić information content (AvgIpc) is 2.74. The van der Waals surface area contributed by atoms with Gasteiger partial charge in [-0.05, 0) is 69.5 Å². The van der Waals surface area contributed by atoms with Crippen LogP contribution < -0.4 is 15.5 Å². The van der Waals surface area contributed by atoms with E-state index in [9.17, 15) is 9.59 Å². The molecule has 166 valence electrons. The summed E-state index contributed by atoms with van der Waals surface area (Å²) in [6.45, 7) is 10.7. The molecule has 1 aliphatic heterocycles. The number of hydrogen-bond donors (Lipinski definition) is 2. The van der Waals surface area contributed by atoms with Gasteiger partial charge in [0.15, 0.2) is 0 Å². The molecule has 1 aliphatic rings. The van der Waals surface area contributed by atoms with Crippen molar-refractivity contribution in [3.05, 3.63) is 58.7 Å². The van der Waals surface area contributed by atoms with Gasteiger partial charge in [-0.25, -0.2) is 0 Å². The predicted octanol–water partition coefficient (Wildman–Crippen LogP) is 3.05. The molecule has 2 N–H and O–H groups in total. The Morgan fingerprint density at radius 3 is 2.13 bits per heavy atom. The smallest absolute Gasteiger partial charge is 0.313 e. The molecule has 0 bridgehead atoms. The zero-order valence-electron chi connectivity index (χ0n) is 19.1. The first-order chi connectivity index (χ1) is 14.8. The van der Waals surface area contributed by atoms with E-state index in [1.807, 2.05) is 32.9 Å². The summed E-state index contributed by atoms with van der Waals surface area (Å²) in [6.07, 6.45) is 1.65. The summed E-state index contributed by atoms with van der Waals surface area (Å²) >= 11 is 0. The topological polar surface area (TPSA) is 64.7 Å². The molecule has 0 radical (unpaired) electrons. The molecule has 2 aromatic carbocycles. The molecule has 6 heteroatoms. The van der Waals surface area contributed by atoms with Crippen molar-refractivity contribution in [2.45, 2.75) is 33.6 Å². The fourth-order valence-electron chi connectivity index (χ4n) is 4.06. The Labute approximate surface area is 185 Å². The van der Waals surface area contributed by atoms with Gasteiger partial charge in [-0.2, -0.15) is 0 Å². The molecule has 6 nitrogen and oxygen atoms in total. The van der Waals surface area contributed by atoms with Gasteiger partial charge in [0.05, 0.1) is 0 Å². The Balaban J connectivity index is 1.41. The average molecular weight is 423 g/mol. The quantitative estimate of drug-likeness (QED) is 0.555. The van der Waals surface area contributed by atoms with Gasteiger partial charge in [0, 0.05) is 44.1 Å². The number of hydrogen-bond acceptors (Lipinski definition) is 4. The monoisotopic (exact) mass is 422 g/mol. The van der Waals surface area contributed by atoms with E-state index < -0.39 is 11.8 Å². The summed E-state index contributed by atoms with van der Waals surface area (Å²) in [5, 5.41) is 5.47. The predicted molar refractivity (Wildman–Crippen MR) is 127 cm³/mol. The summed E-state index contributed by atoms with van der Waals surface area (Å²) < 4.78 is 0. The lowest BCUT2D eigenvalue weighted by Gasteiger charge is -2.34. The Hall–Kier alpha value is -2.86. The third-order valence-corrected chi connectivity index (χ3v) is 5.85. The molecule has 0 spiro atoms. The maximum atomic E-state index is 12.2. The fraction of sp³-hybridized carbons (Fsp3) is 0.440. The number of rotatable bonds is 6. The van der Waals surface area contributed by atoms with Crippen LogP contribution in [0.15, 0.2) is 36.4 Å². The second-order valence-electron chi connectivity index (χ2n) is 8.54. The Morgan fingerprint density at radius 1 is 0.903 bits per heavy atom. The minimum absolute atomic E-state index is 0.471. The van der Waals surface area contributed by atoms with Gasteiger partial charge in [-0.15, -0.1) is 0 Å². The number of carbonyl (C=O) groups excluding carboxylic acids is 2. The molecule has 0 aromatic heterocycles. The van der Waals surface area contributed by atoms with E-state index in [1.165, 1.54) is 11.3 Å². The van der Waals surface area contributed by atoms with Crippen LogP contribution in [0.4, 0.5) is 11.4 Å². The van der Waals surface area contributed by atoms with E-state index in [4.69, 9.17) is 0 Å². The van der Waals surface area contributed by atoms with Crippen molar-refractivity contribution in [3.8, 4) is 0 Å². The number of aryl methyl sites for hydroxylation is 4. The van der Waals surface area contributed by atoms with Crippen LogP contribution in [0.25, 0.3) is 0 Å². The molecule has 0 saturated carbocycles. The zero-order valence-corrected chi connectivity index (χ0v) is 19.1. The fourth-order valence-corrected chi connectivity index (χ4v) is 4.06. The van der Waals surface area contributed by atoms with E-state index in [0.717, 1.165) is 55.7 Å². The van der Waals surface area contributed by atoms with Crippen LogP contribution in [-0.4, -0.2) is 56.5 Å². The number of piperazine rings is 1. The Kier molecular flexibility index (Phi) is 7.69. The van der Waals surface area contributed by atoms with Gasteiger partial charge in [0.2, 0.25) is 0 Å². The van der Waals surface area contributed by atoms with Crippen LogP contribution in [0.2, 0.25) is 0 Å². The molecule has 0 aliphatic carbocycles. The number of nitrogens with one attached hydrogen (secondary N) is 2. The summed E-state index contributed by atoms with van der Waals surface area (Å²) in [4.78, 5) is 29.2. The molecule has 2 aromatic rings. The summed E-state index contributed by atoms with van der Waals surface area (Å²) in [6, 6.07) is 12.7. The molecule has 0 atom stereocenters. The standard InChI is InChI=1S/C25H34N4O2/c1-18-16-19(2)23(20(3)17-18)27-25(31)24(30)26-11-5-6-21-7-9-22(10-8-21)29-14-12-28(4)13-15-29/h7-10,16-17H,5-6,11-15H2,1-4H3,(H,26,30)(H,27,31). The van der Waals surface area contributed by atoms with Crippen LogP contribution >= 0.6 is 0 Å². The highest BCUT2D eigenvalue weighted by molar-refractivity contribution is 6.39. The lowest BCUT2D eigenvalue weighted by Crippen LogP contribution is -2.44. The van der Waals surface area contributed by atoms with Crippen LogP contribution in [0, 0.1) is 20.8 Å². The van der Waals surface area contributed by atoms with Gasteiger partial charge in [0.1, 0.15) is 0 Å². The number of amides is 2. The van der Waals surface area contributed by atoms with Gasteiger partial charge < -0.3 is 20.4 Å². The van der Waals surface area contributed by atoms with Crippen molar-refractivity contribution >= 4 is 23.2 Å².